The molecule has 0 aromatic heterocycles. The standard InChI is InChI=1S/C19H21BrN2O2.ClH/c20-15-3-1-2-13(10-15)12-24-16-6-4-14(5-7-16)17-11-18(17)22-9-8-19(21)23;/h1-7,10,17-18,22H,8-9,11-12H2,(H2,21,23);1H. The summed E-state index contributed by atoms with van der Waals surface area (Å²) in [5.41, 5.74) is 7.59. The van der Waals surface area contributed by atoms with E-state index >= 15 is 0 Å². The number of ether oxygens (including phenoxy) is 1. The van der Waals surface area contributed by atoms with Gasteiger partial charge in [-0.1, -0.05) is 40.2 Å². The third-order valence-electron chi connectivity index (χ3n) is 4.17. The Labute approximate surface area is 162 Å². The second kappa shape index (κ2) is 9.22. The van der Waals surface area contributed by atoms with Crippen molar-refractivity contribution in [1.29, 1.82) is 0 Å². The van der Waals surface area contributed by atoms with Gasteiger partial charge in [-0.05, 0) is 41.8 Å². The number of carbonyl (C=O) groups is 1. The van der Waals surface area contributed by atoms with E-state index in [2.05, 4.69) is 39.4 Å². The minimum absolute atomic E-state index is 0. The van der Waals surface area contributed by atoms with E-state index in [-0.39, 0.29) is 18.3 Å². The summed E-state index contributed by atoms with van der Waals surface area (Å²) in [6.45, 7) is 1.21. The van der Waals surface area contributed by atoms with Crippen LogP contribution in [0.15, 0.2) is 53.0 Å². The van der Waals surface area contributed by atoms with E-state index in [0.29, 0.717) is 31.5 Å². The van der Waals surface area contributed by atoms with Gasteiger partial charge in [0.15, 0.2) is 0 Å². The van der Waals surface area contributed by atoms with E-state index in [1.165, 1.54) is 5.56 Å². The predicted molar refractivity (Wildman–Crippen MR) is 105 cm³/mol. The Kier molecular flexibility index (Phi) is 7.29. The number of hydrogen-bond donors (Lipinski definition) is 2. The molecule has 2 aromatic carbocycles. The normalized spacial score (nSPS) is 18.3. The van der Waals surface area contributed by atoms with Crippen LogP contribution in [-0.4, -0.2) is 18.5 Å². The highest BCUT2D eigenvalue weighted by atomic mass is 79.9. The second-order valence-corrected chi connectivity index (χ2v) is 7.02. The average molecular weight is 426 g/mol. The van der Waals surface area contributed by atoms with Gasteiger partial charge in [-0.25, -0.2) is 0 Å². The maximum atomic E-state index is 10.7. The summed E-state index contributed by atoms with van der Waals surface area (Å²) in [6, 6.07) is 16.8. The molecule has 134 valence electrons. The Morgan fingerprint density at radius 1 is 1.24 bits per heavy atom. The number of amides is 1. The van der Waals surface area contributed by atoms with Gasteiger partial charge in [0.2, 0.25) is 5.91 Å². The molecule has 1 amide bonds. The molecule has 1 saturated carbocycles. The summed E-state index contributed by atoms with van der Waals surface area (Å²) >= 11 is 3.46. The van der Waals surface area contributed by atoms with Gasteiger partial charge in [-0.3, -0.25) is 4.79 Å². The number of primary amides is 1. The van der Waals surface area contributed by atoms with Gasteiger partial charge in [0, 0.05) is 29.4 Å². The van der Waals surface area contributed by atoms with Gasteiger partial charge in [0.05, 0.1) is 0 Å². The second-order valence-electron chi connectivity index (χ2n) is 6.11. The summed E-state index contributed by atoms with van der Waals surface area (Å²) in [7, 11) is 0. The molecule has 0 spiro atoms. The third-order valence-corrected chi connectivity index (χ3v) is 4.66. The van der Waals surface area contributed by atoms with Crippen LogP contribution in [0.25, 0.3) is 0 Å². The van der Waals surface area contributed by atoms with Gasteiger partial charge in [0.1, 0.15) is 12.4 Å². The summed E-state index contributed by atoms with van der Waals surface area (Å²) in [5.74, 6) is 1.14. The van der Waals surface area contributed by atoms with Gasteiger partial charge in [0.25, 0.3) is 0 Å². The minimum Gasteiger partial charge on any atom is -0.489 e. The van der Waals surface area contributed by atoms with Crippen LogP contribution in [0.5, 0.6) is 5.75 Å². The van der Waals surface area contributed by atoms with E-state index in [1.807, 2.05) is 30.3 Å². The Hall–Kier alpha value is -1.56. The molecular formula is C19H22BrClN2O2. The first-order valence-corrected chi connectivity index (χ1v) is 8.90. The van der Waals surface area contributed by atoms with Crippen molar-refractivity contribution in [2.75, 3.05) is 6.54 Å². The maximum absolute atomic E-state index is 10.7. The molecule has 1 aliphatic rings. The molecule has 0 aliphatic heterocycles. The number of benzene rings is 2. The van der Waals surface area contributed by atoms with Crippen molar-refractivity contribution >= 4 is 34.2 Å². The summed E-state index contributed by atoms with van der Waals surface area (Å²) in [6.07, 6.45) is 1.50. The van der Waals surface area contributed by atoms with E-state index in [4.69, 9.17) is 10.5 Å². The fourth-order valence-corrected chi connectivity index (χ4v) is 3.22. The molecule has 4 nitrogen and oxygen atoms in total. The topological polar surface area (TPSA) is 64.4 Å². The maximum Gasteiger partial charge on any atom is 0.218 e. The smallest absolute Gasteiger partial charge is 0.218 e. The Morgan fingerprint density at radius 2 is 2.00 bits per heavy atom. The molecule has 0 bridgehead atoms. The Morgan fingerprint density at radius 3 is 2.68 bits per heavy atom. The number of nitrogens with two attached hydrogens (primary N) is 1. The molecule has 3 N–H and O–H groups in total. The van der Waals surface area contributed by atoms with Gasteiger partial charge >= 0.3 is 0 Å². The highest BCUT2D eigenvalue weighted by Crippen LogP contribution is 2.41. The van der Waals surface area contributed by atoms with Crippen molar-refractivity contribution in [2.24, 2.45) is 5.73 Å². The summed E-state index contributed by atoms with van der Waals surface area (Å²) in [5, 5.41) is 3.37. The highest BCUT2D eigenvalue weighted by molar-refractivity contribution is 9.10. The molecule has 0 heterocycles. The lowest BCUT2D eigenvalue weighted by atomic mass is 10.1. The van der Waals surface area contributed by atoms with E-state index in [0.717, 1.165) is 22.2 Å². The van der Waals surface area contributed by atoms with Crippen molar-refractivity contribution < 1.29 is 9.53 Å². The lowest BCUT2D eigenvalue weighted by molar-refractivity contribution is -0.117. The minimum atomic E-state index is -0.258. The van der Waals surface area contributed by atoms with Crippen molar-refractivity contribution in [1.82, 2.24) is 5.32 Å². The molecule has 25 heavy (non-hydrogen) atoms. The SMILES string of the molecule is Cl.NC(=O)CCNC1CC1c1ccc(OCc2cccc(Br)c2)cc1. The van der Waals surface area contributed by atoms with Crippen LogP contribution >= 0.6 is 28.3 Å². The summed E-state index contributed by atoms with van der Waals surface area (Å²) < 4.78 is 6.89. The molecule has 0 radical (unpaired) electrons. The van der Waals surface area contributed by atoms with Crippen LogP contribution in [0, 0.1) is 0 Å². The Balaban J connectivity index is 0.00000225. The average Bonchev–Trinajstić information content (AvgIpc) is 3.33. The van der Waals surface area contributed by atoms with Crippen LogP contribution in [0.3, 0.4) is 0 Å². The van der Waals surface area contributed by atoms with Crippen LogP contribution in [0.2, 0.25) is 0 Å². The van der Waals surface area contributed by atoms with Gasteiger partial charge in [-0.2, -0.15) is 0 Å². The lowest BCUT2D eigenvalue weighted by Crippen LogP contribution is -2.24. The number of halogens is 2. The molecule has 1 fully saturated rings. The van der Waals surface area contributed by atoms with E-state index in [9.17, 15) is 4.79 Å². The Bertz CT molecular complexity index is 709. The number of hydrogen-bond acceptors (Lipinski definition) is 3. The molecule has 6 heteroatoms. The molecule has 0 saturated heterocycles. The van der Waals surface area contributed by atoms with Crippen LogP contribution in [0.4, 0.5) is 0 Å². The van der Waals surface area contributed by atoms with Crippen LogP contribution in [0.1, 0.15) is 29.9 Å². The largest absolute Gasteiger partial charge is 0.489 e. The van der Waals surface area contributed by atoms with Gasteiger partial charge < -0.3 is 15.8 Å². The third kappa shape index (κ3) is 6.03. The zero-order valence-electron chi connectivity index (χ0n) is 13.8. The number of carbonyl (C=O) groups excluding carboxylic acids is 1. The van der Waals surface area contributed by atoms with Crippen LogP contribution < -0.4 is 15.8 Å². The van der Waals surface area contributed by atoms with Crippen LogP contribution in [-0.2, 0) is 11.4 Å². The molecule has 2 aromatic rings. The number of nitrogens with one attached hydrogen (secondary N) is 1. The van der Waals surface area contributed by atoms with E-state index < -0.39 is 0 Å². The molecule has 1 aliphatic carbocycles. The quantitative estimate of drug-likeness (QED) is 0.676. The van der Waals surface area contributed by atoms with Crippen molar-refractivity contribution in [2.45, 2.75) is 31.4 Å². The fourth-order valence-electron chi connectivity index (χ4n) is 2.77. The molecule has 2 unspecified atom stereocenters. The van der Waals surface area contributed by atoms with E-state index in [1.54, 1.807) is 0 Å². The predicted octanol–water partition coefficient (Wildman–Crippen LogP) is 3.77. The first-order valence-electron chi connectivity index (χ1n) is 8.11. The molecular weight excluding hydrogens is 404 g/mol. The van der Waals surface area contributed by atoms with Crippen molar-refractivity contribution in [3.8, 4) is 5.75 Å². The van der Waals surface area contributed by atoms with Gasteiger partial charge in [-0.15, -0.1) is 12.4 Å². The monoisotopic (exact) mass is 424 g/mol. The molecule has 3 rings (SSSR count). The van der Waals surface area contributed by atoms with Crippen molar-refractivity contribution in [3.63, 3.8) is 0 Å². The highest BCUT2D eigenvalue weighted by Gasteiger charge is 2.37. The number of rotatable bonds is 8. The summed E-state index contributed by atoms with van der Waals surface area (Å²) in [4.78, 5) is 10.7. The first-order chi connectivity index (χ1) is 11.6. The van der Waals surface area contributed by atoms with Crippen molar-refractivity contribution in [3.05, 3.63) is 64.1 Å². The zero-order chi connectivity index (χ0) is 16.9. The first kappa shape index (κ1) is 19.8. The molecule has 2 atom stereocenters. The lowest BCUT2D eigenvalue weighted by Gasteiger charge is -2.08. The fraction of sp³-hybridized carbons (Fsp3) is 0.316. The zero-order valence-corrected chi connectivity index (χ0v) is 16.2.